The zero-order chi connectivity index (χ0) is 8.97. The van der Waals surface area contributed by atoms with E-state index in [2.05, 4.69) is 0 Å². The first-order valence-corrected chi connectivity index (χ1v) is 4.58. The van der Waals surface area contributed by atoms with E-state index < -0.39 is 0 Å². The summed E-state index contributed by atoms with van der Waals surface area (Å²) in [5.41, 5.74) is 6.27. The lowest BCUT2D eigenvalue weighted by Crippen LogP contribution is -1.93. The molecule has 12 heavy (non-hydrogen) atoms. The van der Waals surface area contributed by atoms with E-state index >= 15 is 0 Å². The number of nitrogens with two attached hydrogens (primary N) is 1. The van der Waals surface area contributed by atoms with E-state index in [1.54, 1.807) is 6.92 Å². The minimum atomic E-state index is 0.113. The zero-order valence-electron chi connectivity index (χ0n) is 6.91. The molecule has 0 unspecified atom stereocenters. The maximum Gasteiger partial charge on any atom is 0.170 e. The normalized spacial score (nSPS) is 10.8. The Morgan fingerprint density at radius 1 is 1.75 bits per heavy atom. The predicted octanol–water partition coefficient (Wildman–Crippen LogP) is 1.92. The molecule has 0 spiro atoms. The molecule has 1 rings (SSSR count). The topological polar surface area (TPSA) is 43.1 Å². The third kappa shape index (κ3) is 2.03. The fourth-order valence-electron chi connectivity index (χ4n) is 0.932. The lowest BCUT2D eigenvalue weighted by molar-refractivity contribution is 0.102. The van der Waals surface area contributed by atoms with Gasteiger partial charge >= 0.3 is 0 Å². The number of carbonyl (C=O) groups is 1. The van der Waals surface area contributed by atoms with Crippen LogP contribution in [0, 0.1) is 0 Å². The summed E-state index contributed by atoms with van der Waals surface area (Å²) in [6.07, 6.45) is 3.72. The highest BCUT2D eigenvalue weighted by Gasteiger charge is 2.04. The Morgan fingerprint density at radius 2 is 2.50 bits per heavy atom. The van der Waals surface area contributed by atoms with Gasteiger partial charge in [0.05, 0.1) is 4.88 Å². The van der Waals surface area contributed by atoms with Crippen molar-refractivity contribution in [1.29, 1.82) is 0 Å². The van der Waals surface area contributed by atoms with Gasteiger partial charge in [0.2, 0.25) is 0 Å². The second-order valence-electron chi connectivity index (χ2n) is 2.40. The lowest BCUT2D eigenvalue weighted by Gasteiger charge is -1.91. The van der Waals surface area contributed by atoms with Gasteiger partial charge in [0.1, 0.15) is 0 Å². The molecule has 0 amide bonds. The molecule has 1 aromatic rings. The quantitative estimate of drug-likeness (QED) is 0.724. The molecule has 1 aromatic heterocycles. The average molecular weight is 181 g/mol. The van der Waals surface area contributed by atoms with Gasteiger partial charge in [-0.3, -0.25) is 4.79 Å². The van der Waals surface area contributed by atoms with E-state index in [-0.39, 0.29) is 5.78 Å². The minimum absolute atomic E-state index is 0.113. The Hall–Kier alpha value is -0.930. The van der Waals surface area contributed by atoms with Crippen molar-refractivity contribution in [2.45, 2.75) is 6.92 Å². The molecular weight excluding hydrogens is 170 g/mol. The van der Waals surface area contributed by atoms with Crippen LogP contribution in [0.25, 0.3) is 6.08 Å². The number of hydrogen-bond donors (Lipinski definition) is 1. The van der Waals surface area contributed by atoms with E-state index in [1.807, 2.05) is 23.6 Å². The van der Waals surface area contributed by atoms with Crippen LogP contribution in [-0.2, 0) is 0 Å². The summed E-state index contributed by atoms with van der Waals surface area (Å²) in [5.74, 6) is 0.113. The van der Waals surface area contributed by atoms with Crippen molar-refractivity contribution >= 4 is 23.2 Å². The van der Waals surface area contributed by atoms with Crippen molar-refractivity contribution in [2.24, 2.45) is 5.73 Å². The van der Waals surface area contributed by atoms with E-state index in [0.717, 1.165) is 10.4 Å². The SMILES string of the molecule is CC(=O)c1sccc1C=CCN. The zero-order valence-corrected chi connectivity index (χ0v) is 7.73. The largest absolute Gasteiger partial charge is 0.327 e. The van der Waals surface area contributed by atoms with Crippen LogP contribution in [0.2, 0.25) is 0 Å². The number of carbonyl (C=O) groups excluding carboxylic acids is 1. The Labute approximate surface area is 75.7 Å². The standard InChI is InChI=1S/C9H11NOS/c1-7(11)9-8(3-2-5-10)4-6-12-9/h2-4,6H,5,10H2,1H3. The molecule has 0 radical (unpaired) electrons. The third-order valence-electron chi connectivity index (χ3n) is 1.45. The van der Waals surface area contributed by atoms with Crippen molar-refractivity contribution in [3.8, 4) is 0 Å². The Bertz CT molecular complexity index is 301. The molecule has 0 aliphatic carbocycles. The number of hydrogen-bond acceptors (Lipinski definition) is 3. The van der Waals surface area contributed by atoms with Crippen LogP contribution in [0.3, 0.4) is 0 Å². The predicted molar refractivity (Wildman–Crippen MR) is 52.4 cm³/mol. The lowest BCUT2D eigenvalue weighted by atomic mass is 10.2. The van der Waals surface area contributed by atoms with Gasteiger partial charge in [0, 0.05) is 6.54 Å². The molecule has 0 aromatic carbocycles. The number of rotatable bonds is 3. The smallest absolute Gasteiger partial charge is 0.170 e. The summed E-state index contributed by atoms with van der Waals surface area (Å²) < 4.78 is 0. The van der Waals surface area contributed by atoms with Crippen molar-refractivity contribution in [3.63, 3.8) is 0 Å². The van der Waals surface area contributed by atoms with E-state index in [9.17, 15) is 4.79 Å². The van der Waals surface area contributed by atoms with Gasteiger partial charge in [-0.15, -0.1) is 11.3 Å². The van der Waals surface area contributed by atoms with Gasteiger partial charge < -0.3 is 5.73 Å². The van der Waals surface area contributed by atoms with Crippen LogP contribution in [-0.4, -0.2) is 12.3 Å². The Kier molecular flexibility index (Phi) is 3.19. The molecule has 2 N–H and O–H groups in total. The molecule has 0 saturated heterocycles. The van der Waals surface area contributed by atoms with Gasteiger partial charge in [-0.1, -0.05) is 12.2 Å². The van der Waals surface area contributed by atoms with Crippen LogP contribution >= 0.6 is 11.3 Å². The van der Waals surface area contributed by atoms with Gasteiger partial charge in [0.15, 0.2) is 5.78 Å². The maximum atomic E-state index is 11.0. The molecule has 0 bridgehead atoms. The van der Waals surface area contributed by atoms with Crippen LogP contribution in [0.4, 0.5) is 0 Å². The van der Waals surface area contributed by atoms with E-state index in [0.29, 0.717) is 6.54 Å². The van der Waals surface area contributed by atoms with Crippen LogP contribution < -0.4 is 5.73 Å². The summed E-state index contributed by atoms with van der Waals surface area (Å²) in [7, 11) is 0. The molecule has 64 valence electrons. The van der Waals surface area contributed by atoms with E-state index in [1.165, 1.54) is 11.3 Å². The summed E-state index contributed by atoms with van der Waals surface area (Å²) in [6, 6.07) is 1.92. The first-order valence-electron chi connectivity index (χ1n) is 3.70. The number of Topliss-reactive ketones (excluding diaryl/α,β-unsaturated/α-hetero) is 1. The van der Waals surface area contributed by atoms with Gasteiger partial charge in [0.25, 0.3) is 0 Å². The fraction of sp³-hybridized carbons (Fsp3) is 0.222. The molecule has 0 aliphatic heterocycles. The summed E-state index contributed by atoms with van der Waals surface area (Å²) in [4.78, 5) is 11.8. The third-order valence-corrected chi connectivity index (χ3v) is 2.48. The first-order chi connectivity index (χ1) is 5.75. The molecular formula is C9H11NOS. The van der Waals surface area contributed by atoms with Crippen molar-refractivity contribution in [1.82, 2.24) is 0 Å². The molecule has 2 nitrogen and oxygen atoms in total. The highest BCUT2D eigenvalue weighted by molar-refractivity contribution is 7.12. The number of ketones is 1. The molecule has 0 fully saturated rings. The average Bonchev–Trinajstić information content (AvgIpc) is 2.48. The van der Waals surface area contributed by atoms with Crippen molar-refractivity contribution in [3.05, 3.63) is 28.0 Å². The fourth-order valence-corrected chi connectivity index (χ4v) is 1.72. The first kappa shape index (κ1) is 9.16. The summed E-state index contributed by atoms with van der Waals surface area (Å²) in [6.45, 7) is 2.08. The molecule has 0 atom stereocenters. The summed E-state index contributed by atoms with van der Waals surface area (Å²) in [5, 5.41) is 1.91. The molecule has 0 saturated carbocycles. The second-order valence-corrected chi connectivity index (χ2v) is 3.32. The van der Waals surface area contributed by atoms with Gasteiger partial charge in [-0.25, -0.2) is 0 Å². The highest BCUT2D eigenvalue weighted by atomic mass is 32.1. The number of thiophene rings is 1. The minimum Gasteiger partial charge on any atom is -0.327 e. The van der Waals surface area contributed by atoms with E-state index in [4.69, 9.17) is 5.73 Å². The van der Waals surface area contributed by atoms with Crippen LogP contribution in [0.15, 0.2) is 17.5 Å². The van der Waals surface area contributed by atoms with Gasteiger partial charge in [-0.2, -0.15) is 0 Å². The Morgan fingerprint density at radius 3 is 3.08 bits per heavy atom. The Balaban J connectivity index is 2.91. The molecule has 1 heterocycles. The second kappa shape index (κ2) is 4.18. The monoisotopic (exact) mass is 181 g/mol. The van der Waals surface area contributed by atoms with Crippen molar-refractivity contribution < 1.29 is 4.79 Å². The van der Waals surface area contributed by atoms with Gasteiger partial charge in [-0.05, 0) is 23.9 Å². The highest BCUT2D eigenvalue weighted by Crippen LogP contribution is 2.18. The summed E-state index contributed by atoms with van der Waals surface area (Å²) >= 11 is 1.47. The van der Waals surface area contributed by atoms with Crippen LogP contribution in [0.5, 0.6) is 0 Å². The molecule has 3 heteroatoms. The molecule has 0 aliphatic rings. The van der Waals surface area contributed by atoms with Crippen LogP contribution in [0.1, 0.15) is 22.2 Å². The maximum absolute atomic E-state index is 11.0. The van der Waals surface area contributed by atoms with Crippen molar-refractivity contribution in [2.75, 3.05) is 6.54 Å².